The predicted molar refractivity (Wildman–Crippen MR) is 73.6 cm³/mol. The molecule has 96 valence electrons. The summed E-state index contributed by atoms with van der Waals surface area (Å²) in [6.45, 7) is 5.72. The highest BCUT2D eigenvalue weighted by Gasteiger charge is 2.19. The van der Waals surface area contributed by atoms with Gasteiger partial charge in [0, 0.05) is 10.5 Å². The minimum absolute atomic E-state index is 0.0385. The zero-order valence-electron chi connectivity index (χ0n) is 10.3. The molecular formula is C12H18BrNO2S. The lowest BCUT2D eigenvalue weighted by atomic mass is 10.2. The van der Waals surface area contributed by atoms with Crippen LogP contribution in [0.1, 0.15) is 32.3 Å². The van der Waals surface area contributed by atoms with E-state index in [-0.39, 0.29) is 6.04 Å². The zero-order chi connectivity index (χ0) is 13.1. The molecule has 0 aliphatic rings. The van der Waals surface area contributed by atoms with E-state index in [1.807, 2.05) is 19.9 Å². The van der Waals surface area contributed by atoms with Crippen LogP contribution in [0.5, 0.6) is 0 Å². The Kier molecular flexibility index (Phi) is 5.16. The van der Waals surface area contributed by atoms with E-state index in [4.69, 9.17) is 0 Å². The number of sulfonamides is 1. The molecule has 0 aliphatic carbocycles. The van der Waals surface area contributed by atoms with Gasteiger partial charge in [0.25, 0.3) is 0 Å². The zero-order valence-corrected chi connectivity index (χ0v) is 12.7. The molecule has 1 unspecified atom stereocenters. The van der Waals surface area contributed by atoms with Crippen molar-refractivity contribution in [1.29, 1.82) is 0 Å². The molecule has 1 atom stereocenters. The quantitative estimate of drug-likeness (QED) is 0.905. The largest absolute Gasteiger partial charge is 0.241 e. The number of hydrogen-bond acceptors (Lipinski definition) is 2. The van der Waals surface area contributed by atoms with E-state index in [2.05, 4.69) is 20.7 Å². The molecule has 0 amide bonds. The van der Waals surface area contributed by atoms with E-state index in [9.17, 15) is 8.42 Å². The highest BCUT2D eigenvalue weighted by atomic mass is 79.9. The Hall–Kier alpha value is -0.390. The first kappa shape index (κ1) is 14.7. The predicted octanol–water partition coefficient (Wildman–Crippen LogP) is 3.22. The first-order valence-electron chi connectivity index (χ1n) is 5.65. The second-order valence-corrected chi connectivity index (χ2v) is 6.82. The molecule has 0 fully saturated rings. The van der Waals surface area contributed by atoms with Gasteiger partial charge in [-0.2, -0.15) is 0 Å². The van der Waals surface area contributed by atoms with Gasteiger partial charge in [-0.1, -0.05) is 35.3 Å². The second kappa shape index (κ2) is 5.98. The molecule has 1 aromatic carbocycles. The van der Waals surface area contributed by atoms with E-state index in [1.165, 1.54) is 0 Å². The molecule has 1 aromatic rings. The highest BCUT2D eigenvalue weighted by Crippen LogP contribution is 2.20. The average Bonchev–Trinajstić information content (AvgIpc) is 2.21. The maximum atomic E-state index is 12.2. The third-order valence-electron chi connectivity index (χ3n) is 2.52. The molecule has 0 heterocycles. The van der Waals surface area contributed by atoms with Gasteiger partial charge in [0.15, 0.2) is 0 Å². The number of rotatable bonds is 5. The van der Waals surface area contributed by atoms with Gasteiger partial charge in [0.1, 0.15) is 0 Å². The molecule has 0 aromatic heterocycles. The highest BCUT2D eigenvalue weighted by molar-refractivity contribution is 9.10. The van der Waals surface area contributed by atoms with Gasteiger partial charge >= 0.3 is 0 Å². The van der Waals surface area contributed by atoms with Gasteiger partial charge in [-0.05, 0) is 38.0 Å². The Morgan fingerprint density at radius 3 is 2.65 bits per heavy atom. The molecule has 1 N–H and O–H groups in total. The van der Waals surface area contributed by atoms with Crippen LogP contribution in [0.4, 0.5) is 0 Å². The normalized spacial score (nSPS) is 13.6. The van der Waals surface area contributed by atoms with Crippen LogP contribution in [0.3, 0.4) is 0 Å². The summed E-state index contributed by atoms with van der Waals surface area (Å²) in [7, 11) is -3.41. The summed E-state index contributed by atoms with van der Waals surface area (Å²) >= 11 is 3.29. The Morgan fingerprint density at radius 1 is 1.41 bits per heavy atom. The molecule has 5 heteroatoms. The monoisotopic (exact) mass is 319 g/mol. The van der Waals surface area contributed by atoms with E-state index in [1.54, 1.807) is 19.1 Å². The van der Waals surface area contributed by atoms with Gasteiger partial charge < -0.3 is 0 Å². The third-order valence-corrected chi connectivity index (χ3v) is 4.74. The molecule has 1 rings (SSSR count). The first-order valence-corrected chi connectivity index (χ1v) is 7.93. The molecule has 0 saturated heterocycles. The maximum Gasteiger partial charge on any atom is 0.241 e. The molecule has 0 bridgehead atoms. The summed E-state index contributed by atoms with van der Waals surface area (Å²) in [4.78, 5) is 0.342. The van der Waals surface area contributed by atoms with Crippen molar-refractivity contribution in [3.8, 4) is 0 Å². The lowest BCUT2D eigenvalue weighted by molar-refractivity contribution is 0.543. The Balaban J connectivity index is 3.01. The van der Waals surface area contributed by atoms with Crippen molar-refractivity contribution < 1.29 is 8.42 Å². The number of halogens is 1. The summed E-state index contributed by atoms with van der Waals surface area (Å²) in [6.07, 6.45) is 1.80. The topological polar surface area (TPSA) is 46.2 Å². The van der Waals surface area contributed by atoms with Crippen LogP contribution < -0.4 is 4.72 Å². The van der Waals surface area contributed by atoms with E-state index in [0.717, 1.165) is 22.9 Å². The van der Waals surface area contributed by atoms with Crippen molar-refractivity contribution >= 4 is 26.0 Å². The van der Waals surface area contributed by atoms with Crippen molar-refractivity contribution in [1.82, 2.24) is 4.72 Å². The third kappa shape index (κ3) is 4.08. The van der Waals surface area contributed by atoms with Crippen LogP contribution in [0, 0.1) is 6.92 Å². The van der Waals surface area contributed by atoms with Crippen LogP contribution in [0.25, 0.3) is 0 Å². The smallest absolute Gasteiger partial charge is 0.208 e. The lowest BCUT2D eigenvalue weighted by Gasteiger charge is -2.14. The number of nitrogens with one attached hydrogen (secondary N) is 1. The molecule has 0 saturated carbocycles. The SMILES string of the molecule is CCCC(C)NS(=O)(=O)c1cc(Br)ccc1C. The molecule has 3 nitrogen and oxygen atoms in total. The number of benzene rings is 1. The summed E-state index contributed by atoms with van der Waals surface area (Å²) < 4.78 is 27.8. The van der Waals surface area contributed by atoms with Gasteiger partial charge in [-0.3, -0.25) is 0 Å². The Morgan fingerprint density at radius 2 is 2.06 bits per heavy atom. The average molecular weight is 320 g/mol. The van der Waals surface area contributed by atoms with E-state index in [0.29, 0.717) is 4.90 Å². The Bertz CT molecular complexity index is 485. The Labute approximate surface area is 112 Å². The van der Waals surface area contributed by atoms with Gasteiger partial charge in [-0.25, -0.2) is 13.1 Å². The van der Waals surface area contributed by atoms with E-state index < -0.39 is 10.0 Å². The summed E-state index contributed by atoms with van der Waals surface area (Å²) in [6, 6.07) is 5.23. The summed E-state index contributed by atoms with van der Waals surface area (Å²) in [5.74, 6) is 0. The molecular weight excluding hydrogens is 302 g/mol. The maximum absolute atomic E-state index is 12.2. The van der Waals surface area contributed by atoms with Gasteiger partial charge in [0.05, 0.1) is 4.90 Å². The molecule has 0 aliphatic heterocycles. The minimum Gasteiger partial charge on any atom is -0.208 e. The fourth-order valence-electron chi connectivity index (χ4n) is 1.68. The van der Waals surface area contributed by atoms with Gasteiger partial charge in [0.2, 0.25) is 10.0 Å². The number of aryl methyl sites for hydroxylation is 1. The van der Waals surface area contributed by atoms with Crippen molar-refractivity contribution in [2.75, 3.05) is 0 Å². The standard InChI is InChI=1S/C12H18BrNO2S/c1-4-5-10(3)14-17(15,16)12-8-11(13)7-6-9(12)2/h6-8,10,14H,4-5H2,1-3H3. The fourth-order valence-corrected chi connectivity index (χ4v) is 3.74. The summed E-state index contributed by atoms with van der Waals surface area (Å²) in [5.41, 5.74) is 0.754. The molecule has 17 heavy (non-hydrogen) atoms. The molecule has 0 radical (unpaired) electrons. The van der Waals surface area contributed by atoms with Crippen molar-refractivity contribution in [2.24, 2.45) is 0 Å². The van der Waals surface area contributed by atoms with Crippen LogP contribution in [-0.4, -0.2) is 14.5 Å². The van der Waals surface area contributed by atoms with Crippen LogP contribution in [-0.2, 0) is 10.0 Å². The van der Waals surface area contributed by atoms with Crippen LogP contribution in [0.15, 0.2) is 27.6 Å². The number of hydrogen-bond donors (Lipinski definition) is 1. The van der Waals surface area contributed by atoms with Crippen molar-refractivity contribution in [2.45, 2.75) is 44.6 Å². The molecule has 0 spiro atoms. The van der Waals surface area contributed by atoms with Crippen LogP contribution >= 0.6 is 15.9 Å². The minimum atomic E-state index is -3.41. The first-order chi connectivity index (χ1) is 7.86. The second-order valence-electron chi connectivity index (χ2n) is 4.22. The van der Waals surface area contributed by atoms with Crippen molar-refractivity contribution in [3.63, 3.8) is 0 Å². The van der Waals surface area contributed by atoms with E-state index >= 15 is 0 Å². The summed E-state index contributed by atoms with van der Waals surface area (Å²) in [5, 5.41) is 0. The van der Waals surface area contributed by atoms with Gasteiger partial charge in [-0.15, -0.1) is 0 Å². The van der Waals surface area contributed by atoms with Crippen molar-refractivity contribution in [3.05, 3.63) is 28.2 Å². The van der Waals surface area contributed by atoms with Crippen LogP contribution in [0.2, 0.25) is 0 Å². The fraction of sp³-hybridized carbons (Fsp3) is 0.500. The lowest BCUT2D eigenvalue weighted by Crippen LogP contribution is -2.32.